The van der Waals surface area contributed by atoms with Crippen LogP contribution in [0.25, 0.3) is 0 Å². The van der Waals surface area contributed by atoms with Crippen molar-refractivity contribution in [1.29, 1.82) is 0 Å². The third-order valence-corrected chi connectivity index (χ3v) is 3.64. The highest BCUT2D eigenvalue weighted by molar-refractivity contribution is 9.10. The van der Waals surface area contributed by atoms with Crippen molar-refractivity contribution >= 4 is 33.6 Å². The van der Waals surface area contributed by atoms with Crippen LogP contribution in [0.4, 0.5) is 10.5 Å². The first-order valence-corrected chi connectivity index (χ1v) is 6.79. The summed E-state index contributed by atoms with van der Waals surface area (Å²) in [6.45, 7) is 2.93. The molecule has 6 heteroatoms. The first-order chi connectivity index (χ1) is 8.95. The Labute approximate surface area is 119 Å². The number of aryl methyl sites for hydroxylation is 1. The van der Waals surface area contributed by atoms with Gasteiger partial charge in [-0.15, -0.1) is 0 Å². The third-order valence-electron chi connectivity index (χ3n) is 3.15. The Morgan fingerprint density at radius 3 is 2.79 bits per heavy atom. The van der Waals surface area contributed by atoms with Crippen LogP contribution in [0, 0.1) is 12.8 Å². The zero-order valence-corrected chi connectivity index (χ0v) is 12.1. The van der Waals surface area contributed by atoms with E-state index in [1.807, 2.05) is 25.1 Å². The molecule has 0 unspecified atom stereocenters. The van der Waals surface area contributed by atoms with Crippen LogP contribution < -0.4 is 5.32 Å². The van der Waals surface area contributed by atoms with Crippen LogP contribution >= 0.6 is 15.9 Å². The molecule has 0 atom stereocenters. The van der Waals surface area contributed by atoms with Crippen molar-refractivity contribution in [2.45, 2.75) is 13.3 Å². The van der Waals surface area contributed by atoms with E-state index in [1.54, 1.807) is 4.90 Å². The van der Waals surface area contributed by atoms with Crippen molar-refractivity contribution in [2.75, 3.05) is 18.4 Å². The number of aliphatic carboxylic acids is 1. The molecule has 1 aromatic rings. The van der Waals surface area contributed by atoms with Crippen LogP contribution in [0.3, 0.4) is 0 Å². The van der Waals surface area contributed by atoms with Gasteiger partial charge in [-0.25, -0.2) is 4.79 Å². The van der Waals surface area contributed by atoms with E-state index in [4.69, 9.17) is 5.11 Å². The normalized spacial score (nSPS) is 14.9. The van der Waals surface area contributed by atoms with E-state index >= 15 is 0 Å². The molecule has 1 saturated heterocycles. The first kappa shape index (κ1) is 13.9. The van der Waals surface area contributed by atoms with Crippen LogP contribution in [0.15, 0.2) is 22.7 Å². The van der Waals surface area contributed by atoms with Gasteiger partial charge < -0.3 is 15.3 Å². The van der Waals surface area contributed by atoms with Gasteiger partial charge in [-0.1, -0.05) is 22.0 Å². The molecule has 1 aliphatic heterocycles. The zero-order chi connectivity index (χ0) is 14.0. The Morgan fingerprint density at radius 2 is 2.16 bits per heavy atom. The van der Waals surface area contributed by atoms with Gasteiger partial charge in [0.15, 0.2) is 0 Å². The molecule has 2 amide bonds. The second kappa shape index (κ2) is 5.61. The van der Waals surface area contributed by atoms with Gasteiger partial charge in [0.2, 0.25) is 0 Å². The first-order valence-electron chi connectivity index (χ1n) is 5.99. The Kier molecular flexibility index (Phi) is 4.09. The number of likely N-dealkylation sites (tertiary alicyclic amines) is 1. The van der Waals surface area contributed by atoms with Crippen LogP contribution in [-0.4, -0.2) is 35.1 Å². The number of rotatable bonds is 3. The fourth-order valence-electron chi connectivity index (χ4n) is 2.03. The molecule has 1 fully saturated rings. The van der Waals surface area contributed by atoms with E-state index in [-0.39, 0.29) is 18.4 Å². The molecular weight excluding hydrogens is 312 g/mol. The number of hydrogen-bond acceptors (Lipinski definition) is 2. The van der Waals surface area contributed by atoms with Crippen molar-refractivity contribution < 1.29 is 14.7 Å². The smallest absolute Gasteiger partial charge is 0.321 e. The summed E-state index contributed by atoms with van der Waals surface area (Å²) in [5.41, 5.74) is 1.75. The molecule has 0 bridgehead atoms. The minimum absolute atomic E-state index is 0.0758. The van der Waals surface area contributed by atoms with Crippen LogP contribution in [0.2, 0.25) is 0 Å². The van der Waals surface area contributed by atoms with Gasteiger partial charge in [0.1, 0.15) is 0 Å². The number of hydrogen-bond donors (Lipinski definition) is 2. The fourth-order valence-corrected chi connectivity index (χ4v) is 2.40. The fraction of sp³-hybridized carbons (Fsp3) is 0.385. The lowest BCUT2D eigenvalue weighted by atomic mass is 9.97. The minimum Gasteiger partial charge on any atom is -0.481 e. The van der Waals surface area contributed by atoms with E-state index in [1.165, 1.54) is 0 Å². The van der Waals surface area contributed by atoms with Gasteiger partial charge >= 0.3 is 12.0 Å². The van der Waals surface area contributed by atoms with Gasteiger partial charge in [0, 0.05) is 29.2 Å². The molecule has 0 aliphatic carbocycles. The maximum Gasteiger partial charge on any atom is 0.321 e. The summed E-state index contributed by atoms with van der Waals surface area (Å²) >= 11 is 3.36. The van der Waals surface area contributed by atoms with Gasteiger partial charge in [-0.3, -0.25) is 4.79 Å². The highest BCUT2D eigenvalue weighted by Gasteiger charge is 2.32. The molecule has 0 saturated carbocycles. The van der Waals surface area contributed by atoms with E-state index in [9.17, 15) is 9.59 Å². The molecule has 0 radical (unpaired) electrons. The highest BCUT2D eigenvalue weighted by Crippen LogP contribution is 2.23. The molecule has 1 aromatic carbocycles. The van der Waals surface area contributed by atoms with Crippen molar-refractivity contribution in [2.24, 2.45) is 5.92 Å². The van der Waals surface area contributed by atoms with Crippen LogP contribution in [-0.2, 0) is 4.79 Å². The standard InChI is InChI=1S/C13H15BrN2O3/c1-8-2-3-10(14)5-11(8)15-13(19)16-6-9(7-16)4-12(17)18/h2-3,5,9H,4,6-7H2,1H3,(H,15,19)(H,17,18). The average Bonchev–Trinajstić information content (AvgIpc) is 2.27. The molecular formula is C13H15BrN2O3. The molecule has 1 heterocycles. The van der Waals surface area contributed by atoms with Gasteiger partial charge in [-0.05, 0) is 24.6 Å². The van der Waals surface area contributed by atoms with Gasteiger partial charge in [0.05, 0.1) is 6.42 Å². The summed E-state index contributed by atoms with van der Waals surface area (Å²) in [7, 11) is 0. The molecule has 2 rings (SSSR count). The summed E-state index contributed by atoms with van der Waals surface area (Å²) in [6, 6.07) is 5.50. The number of urea groups is 1. The summed E-state index contributed by atoms with van der Waals surface area (Å²) < 4.78 is 0.903. The average molecular weight is 327 g/mol. The quantitative estimate of drug-likeness (QED) is 0.897. The number of amides is 2. The number of carbonyl (C=O) groups is 2. The molecule has 0 spiro atoms. The molecule has 2 N–H and O–H groups in total. The molecule has 5 nitrogen and oxygen atoms in total. The summed E-state index contributed by atoms with van der Waals surface area (Å²) in [4.78, 5) is 24.1. The Bertz CT molecular complexity index is 513. The Morgan fingerprint density at radius 1 is 1.47 bits per heavy atom. The summed E-state index contributed by atoms with van der Waals surface area (Å²) in [6.07, 6.45) is 0.125. The number of benzene rings is 1. The van der Waals surface area contributed by atoms with E-state index < -0.39 is 5.97 Å². The lowest BCUT2D eigenvalue weighted by molar-refractivity contribution is -0.139. The SMILES string of the molecule is Cc1ccc(Br)cc1NC(=O)N1CC(CC(=O)O)C1. The lowest BCUT2D eigenvalue weighted by Gasteiger charge is -2.38. The van der Waals surface area contributed by atoms with E-state index in [2.05, 4.69) is 21.2 Å². The predicted molar refractivity (Wildman–Crippen MR) is 75.2 cm³/mol. The largest absolute Gasteiger partial charge is 0.481 e. The second-order valence-electron chi connectivity index (χ2n) is 4.76. The monoisotopic (exact) mass is 326 g/mol. The van der Waals surface area contributed by atoms with Crippen LogP contribution in [0.5, 0.6) is 0 Å². The number of nitrogens with zero attached hydrogens (tertiary/aromatic N) is 1. The molecule has 0 aromatic heterocycles. The predicted octanol–water partition coefficient (Wildman–Crippen LogP) is 2.70. The topological polar surface area (TPSA) is 69.6 Å². The highest BCUT2D eigenvalue weighted by atomic mass is 79.9. The number of carboxylic acids is 1. The summed E-state index contributed by atoms with van der Waals surface area (Å²) in [5.74, 6) is -0.736. The molecule has 1 aliphatic rings. The van der Waals surface area contributed by atoms with Gasteiger partial charge in [-0.2, -0.15) is 0 Å². The minimum atomic E-state index is -0.812. The van der Waals surface area contributed by atoms with Crippen LogP contribution in [0.1, 0.15) is 12.0 Å². The lowest BCUT2D eigenvalue weighted by Crippen LogP contribution is -2.52. The molecule has 19 heavy (non-hydrogen) atoms. The van der Waals surface area contributed by atoms with Crippen molar-refractivity contribution in [3.8, 4) is 0 Å². The summed E-state index contributed by atoms with van der Waals surface area (Å²) in [5, 5.41) is 11.5. The number of halogens is 1. The zero-order valence-electron chi connectivity index (χ0n) is 10.5. The van der Waals surface area contributed by atoms with E-state index in [0.29, 0.717) is 13.1 Å². The van der Waals surface area contributed by atoms with E-state index in [0.717, 1.165) is 15.7 Å². The van der Waals surface area contributed by atoms with Crippen molar-refractivity contribution in [3.63, 3.8) is 0 Å². The number of carbonyl (C=O) groups excluding carboxylic acids is 1. The number of nitrogens with one attached hydrogen (secondary N) is 1. The maximum atomic E-state index is 11.9. The number of anilines is 1. The maximum absolute atomic E-state index is 11.9. The molecule has 102 valence electrons. The Balaban J connectivity index is 1.89. The van der Waals surface area contributed by atoms with Crippen molar-refractivity contribution in [1.82, 2.24) is 4.90 Å². The van der Waals surface area contributed by atoms with Gasteiger partial charge in [0.25, 0.3) is 0 Å². The van der Waals surface area contributed by atoms with Crippen molar-refractivity contribution in [3.05, 3.63) is 28.2 Å². The second-order valence-corrected chi connectivity index (χ2v) is 5.67. The Hall–Kier alpha value is -1.56. The third kappa shape index (κ3) is 3.47. The number of carboxylic acid groups (broad SMARTS) is 1.